The molecule has 92 valence electrons. The normalized spacial score (nSPS) is 21.4. The Morgan fingerprint density at radius 3 is 2.53 bits per heavy atom. The molecule has 0 atom stereocenters. The molecule has 3 N–H and O–H groups in total. The van der Waals surface area contributed by atoms with Gasteiger partial charge in [-0.1, -0.05) is 19.3 Å². The summed E-state index contributed by atoms with van der Waals surface area (Å²) in [6.07, 6.45) is 8.96. The number of nitrogens with two attached hydrogens (primary N) is 1. The number of nitrogens with one attached hydrogen (secondary N) is 1. The van der Waals surface area contributed by atoms with Gasteiger partial charge in [-0.15, -0.1) is 0 Å². The lowest BCUT2D eigenvalue weighted by Crippen LogP contribution is -2.23. The molecule has 3 rings (SSSR count). The Morgan fingerprint density at radius 2 is 1.82 bits per heavy atom. The summed E-state index contributed by atoms with van der Waals surface area (Å²) in [5, 5.41) is 3.51. The van der Waals surface area contributed by atoms with Gasteiger partial charge in [-0.05, 0) is 25.7 Å². The van der Waals surface area contributed by atoms with Crippen LogP contribution in [0.4, 0.5) is 11.6 Å². The number of nitrogens with zero attached hydrogens (tertiary/aromatic N) is 2. The molecule has 2 fully saturated rings. The molecule has 17 heavy (non-hydrogen) atoms. The second kappa shape index (κ2) is 4.51. The fourth-order valence-electron chi connectivity index (χ4n) is 2.54. The number of hydrogen-bond acceptors (Lipinski definition) is 4. The van der Waals surface area contributed by atoms with Crippen molar-refractivity contribution in [3.05, 3.63) is 11.9 Å². The van der Waals surface area contributed by atoms with E-state index in [1.54, 1.807) is 0 Å². The minimum atomic E-state index is 0.561. The van der Waals surface area contributed by atoms with Crippen molar-refractivity contribution in [1.29, 1.82) is 0 Å². The van der Waals surface area contributed by atoms with Gasteiger partial charge in [0.1, 0.15) is 17.5 Å². The van der Waals surface area contributed by atoms with Crippen molar-refractivity contribution < 1.29 is 0 Å². The van der Waals surface area contributed by atoms with E-state index >= 15 is 0 Å². The quantitative estimate of drug-likeness (QED) is 0.841. The van der Waals surface area contributed by atoms with E-state index in [1.165, 1.54) is 44.9 Å². The van der Waals surface area contributed by atoms with E-state index in [4.69, 9.17) is 5.73 Å². The van der Waals surface area contributed by atoms with E-state index < -0.39 is 0 Å². The van der Waals surface area contributed by atoms with E-state index in [9.17, 15) is 0 Å². The van der Waals surface area contributed by atoms with Crippen LogP contribution in [0.25, 0.3) is 0 Å². The maximum atomic E-state index is 5.84. The zero-order valence-corrected chi connectivity index (χ0v) is 10.2. The van der Waals surface area contributed by atoms with E-state index in [-0.39, 0.29) is 0 Å². The van der Waals surface area contributed by atoms with Crippen molar-refractivity contribution in [2.75, 3.05) is 11.1 Å². The highest BCUT2D eigenvalue weighted by Crippen LogP contribution is 2.38. The van der Waals surface area contributed by atoms with Crippen molar-refractivity contribution in [2.24, 2.45) is 0 Å². The number of anilines is 2. The highest BCUT2D eigenvalue weighted by molar-refractivity contribution is 5.46. The Morgan fingerprint density at radius 1 is 1.06 bits per heavy atom. The van der Waals surface area contributed by atoms with Crippen molar-refractivity contribution in [3.8, 4) is 0 Å². The van der Waals surface area contributed by atoms with Crippen LogP contribution in [0.5, 0.6) is 0 Å². The fourth-order valence-corrected chi connectivity index (χ4v) is 2.54. The first-order valence-electron chi connectivity index (χ1n) is 6.72. The molecule has 0 aromatic carbocycles. The Balaban J connectivity index is 1.72. The molecule has 2 aliphatic rings. The third kappa shape index (κ3) is 2.68. The van der Waals surface area contributed by atoms with Crippen LogP contribution in [-0.2, 0) is 0 Å². The van der Waals surface area contributed by atoms with Crippen LogP contribution in [0.2, 0.25) is 0 Å². The molecule has 1 heterocycles. The molecule has 1 aromatic heterocycles. The highest BCUT2D eigenvalue weighted by atomic mass is 15.1. The van der Waals surface area contributed by atoms with Gasteiger partial charge in [0.05, 0.1) is 0 Å². The lowest BCUT2D eigenvalue weighted by molar-refractivity contribution is 0.461. The molecule has 2 saturated carbocycles. The smallest absolute Gasteiger partial charge is 0.136 e. The number of rotatable bonds is 3. The summed E-state index contributed by atoms with van der Waals surface area (Å²) >= 11 is 0. The molecule has 0 saturated heterocycles. The molecule has 0 spiro atoms. The van der Waals surface area contributed by atoms with Crippen molar-refractivity contribution >= 4 is 11.6 Å². The van der Waals surface area contributed by atoms with Crippen LogP contribution in [0.15, 0.2) is 6.07 Å². The molecule has 4 nitrogen and oxygen atoms in total. The molecule has 0 bridgehead atoms. The predicted octanol–water partition coefficient (Wildman–Crippen LogP) is 2.68. The first kappa shape index (κ1) is 10.8. The summed E-state index contributed by atoms with van der Waals surface area (Å²) in [7, 11) is 0. The largest absolute Gasteiger partial charge is 0.384 e. The van der Waals surface area contributed by atoms with Gasteiger partial charge in [0.25, 0.3) is 0 Å². The topological polar surface area (TPSA) is 63.8 Å². The average molecular weight is 232 g/mol. The minimum absolute atomic E-state index is 0.561. The van der Waals surface area contributed by atoms with Crippen molar-refractivity contribution in [1.82, 2.24) is 9.97 Å². The van der Waals surface area contributed by atoms with Gasteiger partial charge >= 0.3 is 0 Å². The summed E-state index contributed by atoms with van der Waals surface area (Å²) < 4.78 is 0. The molecule has 2 aliphatic carbocycles. The molecular weight excluding hydrogens is 212 g/mol. The van der Waals surface area contributed by atoms with E-state index in [0.717, 1.165) is 11.6 Å². The molecule has 0 aliphatic heterocycles. The monoisotopic (exact) mass is 232 g/mol. The van der Waals surface area contributed by atoms with Crippen molar-refractivity contribution in [2.45, 2.75) is 56.9 Å². The Hall–Kier alpha value is -1.32. The number of nitrogen functional groups attached to an aromatic ring is 1. The highest BCUT2D eigenvalue weighted by Gasteiger charge is 2.27. The lowest BCUT2D eigenvalue weighted by atomic mass is 9.95. The van der Waals surface area contributed by atoms with E-state index in [1.807, 2.05) is 6.07 Å². The first-order valence-corrected chi connectivity index (χ1v) is 6.72. The third-order valence-corrected chi connectivity index (χ3v) is 3.66. The summed E-state index contributed by atoms with van der Waals surface area (Å²) in [5.74, 6) is 3.01. The van der Waals surface area contributed by atoms with Crippen LogP contribution in [0, 0.1) is 0 Å². The second-order valence-corrected chi connectivity index (χ2v) is 5.29. The second-order valence-electron chi connectivity index (χ2n) is 5.29. The van der Waals surface area contributed by atoms with E-state index in [0.29, 0.717) is 17.8 Å². The SMILES string of the molecule is Nc1cc(NC2CCCCC2)nc(C2CC2)n1. The van der Waals surface area contributed by atoms with Crippen LogP contribution in [0.3, 0.4) is 0 Å². The summed E-state index contributed by atoms with van der Waals surface area (Å²) in [5.41, 5.74) is 5.84. The summed E-state index contributed by atoms with van der Waals surface area (Å²) in [6.45, 7) is 0. The summed E-state index contributed by atoms with van der Waals surface area (Å²) in [4.78, 5) is 8.90. The van der Waals surface area contributed by atoms with Crippen LogP contribution >= 0.6 is 0 Å². The average Bonchev–Trinajstić information content (AvgIpc) is 3.13. The van der Waals surface area contributed by atoms with Crippen LogP contribution in [-0.4, -0.2) is 16.0 Å². The predicted molar refractivity (Wildman–Crippen MR) is 68.9 cm³/mol. The van der Waals surface area contributed by atoms with Gasteiger partial charge in [-0.25, -0.2) is 9.97 Å². The molecule has 4 heteroatoms. The number of aromatic nitrogens is 2. The van der Waals surface area contributed by atoms with Crippen LogP contribution < -0.4 is 11.1 Å². The Labute approximate surface area is 102 Å². The van der Waals surface area contributed by atoms with E-state index in [2.05, 4.69) is 15.3 Å². The maximum Gasteiger partial charge on any atom is 0.136 e. The number of hydrogen-bond donors (Lipinski definition) is 2. The van der Waals surface area contributed by atoms with Gasteiger partial charge in [0.2, 0.25) is 0 Å². The molecule has 0 radical (unpaired) electrons. The molecule has 0 unspecified atom stereocenters. The standard InChI is InChI=1S/C13H20N4/c14-11-8-12(15-10-4-2-1-3-5-10)17-13(16-11)9-6-7-9/h8-10H,1-7H2,(H3,14,15,16,17). The Kier molecular flexibility index (Phi) is 2.87. The van der Waals surface area contributed by atoms with Gasteiger partial charge in [0, 0.05) is 18.0 Å². The molecular formula is C13H20N4. The van der Waals surface area contributed by atoms with Crippen LogP contribution in [0.1, 0.15) is 56.7 Å². The zero-order valence-electron chi connectivity index (χ0n) is 10.2. The maximum absolute atomic E-state index is 5.84. The van der Waals surface area contributed by atoms with Crippen molar-refractivity contribution in [3.63, 3.8) is 0 Å². The lowest BCUT2D eigenvalue weighted by Gasteiger charge is -2.23. The van der Waals surface area contributed by atoms with Gasteiger partial charge in [-0.2, -0.15) is 0 Å². The molecule has 1 aromatic rings. The fraction of sp³-hybridized carbons (Fsp3) is 0.692. The zero-order chi connectivity index (χ0) is 11.7. The van der Waals surface area contributed by atoms with Gasteiger partial charge in [-0.3, -0.25) is 0 Å². The Bertz CT molecular complexity index is 394. The third-order valence-electron chi connectivity index (χ3n) is 3.66. The van der Waals surface area contributed by atoms with Gasteiger partial charge in [0.15, 0.2) is 0 Å². The minimum Gasteiger partial charge on any atom is -0.384 e. The van der Waals surface area contributed by atoms with Gasteiger partial charge < -0.3 is 11.1 Å². The first-order chi connectivity index (χ1) is 8.31. The summed E-state index contributed by atoms with van der Waals surface area (Å²) in [6, 6.07) is 2.44. The molecule has 0 amide bonds.